The van der Waals surface area contributed by atoms with E-state index in [0.717, 1.165) is 34.0 Å². The molecule has 0 saturated heterocycles. The van der Waals surface area contributed by atoms with Crippen LogP contribution in [0.25, 0.3) is 10.2 Å². The van der Waals surface area contributed by atoms with Crippen LogP contribution in [0.2, 0.25) is 0 Å². The number of nitrogens with one attached hydrogen (secondary N) is 2. The average molecular weight is 306 g/mol. The van der Waals surface area contributed by atoms with Crippen molar-refractivity contribution in [2.24, 2.45) is 0 Å². The van der Waals surface area contributed by atoms with Crippen molar-refractivity contribution in [1.29, 1.82) is 0 Å². The maximum atomic E-state index is 4.57. The van der Waals surface area contributed by atoms with Crippen LogP contribution >= 0.6 is 23.1 Å². The second-order valence-electron chi connectivity index (χ2n) is 4.22. The summed E-state index contributed by atoms with van der Waals surface area (Å²) in [4.78, 5) is 14.4. The molecule has 0 aromatic carbocycles. The Labute approximate surface area is 124 Å². The zero-order chi connectivity index (χ0) is 13.9. The highest BCUT2D eigenvalue weighted by atomic mass is 32.2. The molecule has 0 spiro atoms. The maximum Gasteiger partial charge on any atom is 0.225 e. The molecule has 0 fully saturated rings. The molecule has 3 heterocycles. The van der Waals surface area contributed by atoms with Crippen molar-refractivity contribution >= 4 is 39.3 Å². The first-order chi connectivity index (χ1) is 9.76. The Balaban J connectivity index is 1.96. The number of thiophene rings is 1. The number of aromatic amines is 1. The molecule has 0 atom stereocenters. The summed E-state index contributed by atoms with van der Waals surface area (Å²) in [5.41, 5.74) is 0. The SMILES string of the molecule is CCCNc1nc(Sc2n[nH]c(C)n2)c2ccsc2n1. The van der Waals surface area contributed by atoms with E-state index in [4.69, 9.17) is 0 Å². The van der Waals surface area contributed by atoms with Crippen molar-refractivity contribution in [2.45, 2.75) is 30.5 Å². The number of fused-ring (bicyclic) bond motifs is 1. The van der Waals surface area contributed by atoms with Gasteiger partial charge in [0, 0.05) is 11.9 Å². The smallest absolute Gasteiger partial charge is 0.225 e. The van der Waals surface area contributed by atoms with Gasteiger partial charge in [-0.15, -0.1) is 16.4 Å². The molecule has 0 radical (unpaired) electrons. The standard InChI is InChI=1S/C12H14N6S2/c1-3-5-13-11-15-9-8(4-6-19-9)10(16-11)20-12-14-7(2)17-18-12/h4,6H,3,5H2,1-2H3,(H,13,15,16)(H,14,17,18). The van der Waals surface area contributed by atoms with Crippen LogP contribution < -0.4 is 5.32 Å². The molecule has 0 aliphatic carbocycles. The third-order valence-corrected chi connectivity index (χ3v) is 4.26. The zero-order valence-corrected chi connectivity index (χ0v) is 12.8. The van der Waals surface area contributed by atoms with Crippen molar-refractivity contribution in [1.82, 2.24) is 25.1 Å². The Morgan fingerprint density at radius 2 is 2.25 bits per heavy atom. The molecule has 8 heteroatoms. The van der Waals surface area contributed by atoms with Crippen molar-refractivity contribution in [3.63, 3.8) is 0 Å². The van der Waals surface area contributed by atoms with Crippen LogP contribution in [0.3, 0.4) is 0 Å². The van der Waals surface area contributed by atoms with Gasteiger partial charge in [0.15, 0.2) is 0 Å². The van der Waals surface area contributed by atoms with Gasteiger partial charge >= 0.3 is 0 Å². The van der Waals surface area contributed by atoms with Crippen molar-refractivity contribution in [3.8, 4) is 0 Å². The Morgan fingerprint density at radius 1 is 1.35 bits per heavy atom. The minimum atomic E-state index is 0.663. The summed E-state index contributed by atoms with van der Waals surface area (Å²) in [6.45, 7) is 4.86. The molecule has 3 rings (SSSR count). The zero-order valence-electron chi connectivity index (χ0n) is 11.2. The molecule has 3 aromatic rings. The Bertz CT molecular complexity index is 720. The molecule has 3 aromatic heterocycles. The highest BCUT2D eigenvalue weighted by Crippen LogP contribution is 2.32. The summed E-state index contributed by atoms with van der Waals surface area (Å²) < 4.78 is 0. The number of hydrogen-bond donors (Lipinski definition) is 2. The highest BCUT2D eigenvalue weighted by Gasteiger charge is 2.12. The van der Waals surface area contributed by atoms with Crippen molar-refractivity contribution < 1.29 is 0 Å². The lowest BCUT2D eigenvalue weighted by Crippen LogP contribution is -2.04. The van der Waals surface area contributed by atoms with Crippen LogP contribution in [-0.4, -0.2) is 31.7 Å². The van der Waals surface area contributed by atoms with Crippen molar-refractivity contribution in [3.05, 3.63) is 17.3 Å². The third-order valence-electron chi connectivity index (χ3n) is 2.59. The predicted molar refractivity (Wildman–Crippen MR) is 81.4 cm³/mol. The molecule has 0 saturated carbocycles. The lowest BCUT2D eigenvalue weighted by molar-refractivity contribution is 0.942. The van der Waals surface area contributed by atoms with E-state index in [9.17, 15) is 0 Å². The molecule has 0 bridgehead atoms. The second-order valence-corrected chi connectivity index (χ2v) is 6.07. The van der Waals surface area contributed by atoms with Gasteiger partial charge in [-0.25, -0.2) is 15.0 Å². The monoisotopic (exact) mass is 306 g/mol. The normalized spacial score (nSPS) is 11.1. The first-order valence-corrected chi connectivity index (χ1v) is 8.02. The summed E-state index contributed by atoms with van der Waals surface area (Å²) in [7, 11) is 0. The number of aromatic nitrogens is 5. The quantitative estimate of drug-likeness (QED) is 0.705. The summed E-state index contributed by atoms with van der Waals surface area (Å²) in [5.74, 6) is 1.46. The van der Waals surface area contributed by atoms with E-state index in [1.54, 1.807) is 11.3 Å². The lowest BCUT2D eigenvalue weighted by Gasteiger charge is -2.05. The van der Waals surface area contributed by atoms with Gasteiger partial charge in [0.05, 0.1) is 0 Å². The van der Waals surface area contributed by atoms with Crippen molar-refractivity contribution in [2.75, 3.05) is 11.9 Å². The molecule has 0 aliphatic heterocycles. The van der Waals surface area contributed by atoms with Gasteiger partial charge in [0.25, 0.3) is 0 Å². The van der Waals surface area contributed by atoms with Crippen LogP contribution in [0.1, 0.15) is 19.2 Å². The number of H-pyrrole nitrogens is 1. The fourth-order valence-electron chi connectivity index (χ4n) is 1.68. The molecule has 0 unspecified atom stereocenters. The third kappa shape index (κ3) is 2.75. The summed E-state index contributed by atoms with van der Waals surface area (Å²) in [5, 5.41) is 14.8. The number of hydrogen-bond acceptors (Lipinski definition) is 7. The highest BCUT2D eigenvalue weighted by molar-refractivity contribution is 7.99. The lowest BCUT2D eigenvalue weighted by atomic mass is 10.4. The van der Waals surface area contributed by atoms with Crippen LogP contribution in [-0.2, 0) is 0 Å². The van der Waals surface area contributed by atoms with Gasteiger partial charge < -0.3 is 5.32 Å². The Kier molecular flexibility index (Phi) is 3.83. The average Bonchev–Trinajstić information content (AvgIpc) is 3.05. The van der Waals surface area contributed by atoms with E-state index in [2.05, 4.69) is 37.4 Å². The van der Waals surface area contributed by atoms with E-state index in [-0.39, 0.29) is 0 Å². The minimum Gasteiger partial charge on any atom is -0.354 e. The number of nitrogens with zero attached hydrogens (tertiary/aromatic N) is 4. The fourth-order valence-corrected chi connectivity index (χ4v) is 3.36. The Hall–Kier alpha value is -1.67. The summed E-state index contributed by atoms with van der Waals surface area (Å²) in [6, 6.07) is 2.03. The van der Waals surface area contributed by atoms with E-state index >= 15 is 0 Å². The molecule has 2 N–H and O–H groups in total. The van der Waals surface area contributed by atoms with Gasteiger partial charge in [-0.2, -0.15) is 0 Å². The molecule has 104 valence electrons. The molecular weight excluding hydrogens is 292 g/mol. The van der Waals surface area contributed by atoms with Gasteiger partial charge in [0.2, 0.25) is 11.1 Å². The molecule has 6 nitrogen and oxygen atoms in total. The molecule has 0 amide bonds. The summed E-state index contributed by atoms with van der Waals surface area (Å²) in [6.07, 6.45) is 1.04. The summed E-state index contributed by atoms with van der Waals surface area (Å²) >= 11 is 3.06. The van der Waals surface area contributed by atoms with Crippen LogP contribution in [0.15, 0.2) is 21.6 Å². The van der Waals surface area contributed by atoms with E-state index in [0.29, 0.717) is 11.1 Å². The van der Waals surface area contributed by atoms with Gasteiger partial charge in [-0.3, -0.25) is 5.10 Å². The number of rotatable bonds is 5. The second kappa shape index (κ2) is 5.76. The van der Waals surface area contributed by atoms with Gasteiger partial charge in [-0.1, -0.05) is 6.92 Å². The van der Waals surface area contributed by atoms with E-state index in [1.807, 2.05) is 18.4 Å². The fraction of sp³-hybridized carbons (Fsp3) is 0.333. The van der Waals surface area contributed by atoms with Crippen LogP contribution in [0.4, 0.5) is 5.95 Å². The van der Waals surface area contributed by atoms with Gasteiger partial charge in [0.1, 0.15) is 15.7 Å². The van der Waals surface area contributed by atoms with Crippen LogP contribution in [0.5, 0.6) is 0 Å². The predicted octanol–water partition coefficient (Wildman–Crippen LogP) is 3.09. The van der Waals surface area contributed by atoms with Gasteiger partial charge in [-0.05, 0) is 36.6 Å². The molecule has 0 aliphatic rings. The topological polar surface area (TPSA) is 79.4 Å². The number of anilines is 1. The molecule has 20 heavy (non-hydrogen) atoms. The first kappa shape index (κ1) is 13.3. The number of aryl methyl sites for hydroxylation is 1. The van der Waals surface area contributed by atoms with Crippen LogP contribution in [0, 0.1) is 6.92 Å². The first-order valence-electron chi connectivity index (χ1n) is 6.32. The largest absolute Gasteiger partial charge is 0.354 e. The Morgan fingerprint density at radius 3 is 3.00 bits per heavy atom. The van der Waals surface area contributed by atoms with E-state index in [1.165, 1.54) is 11.8 Å². The van der Waals surface area contributed by atoms with E-state index < -0.39 is 0 Å². The minimum absolute atomic E-state index is 0.663. The molecular formula is C12H14N6S2. The maximum absolute atomic E-state index is 4.57.